The number of rotatable bonds is 4. The molecule has 100 valence electrons. The molecule has 17 heavy (non-hydrogen) atoms. The fourth-order valence-corrected chi connectivity index (χ4v) is 5.18. The van der Waals surface area contributed by atoms with Crippen LogP contribution in [0.15, 0.2) is 0 Å². The summed E-state index contributed by atoms with van der Waals surface area (Å²) in [4.78, 5) is 0. The second kappa shape index (κ2) is 5.99. The molecule has 1 aliphatic heterocycles. The SMILES string of the molecule is O=S(=O)(NC1CCCC1CBr)C1CCOCC1. The monoisotopic (exact) mass is 325 g/mol. The summed E-state index contributed by atoms with van der Waals surface area (Å²) in [5.41, 5.74) is 0. The molecule has 0 bridgehead atoms. The summed E-state index contributed by atoms with van der Waals surface area (Å²) in [6.07, 6.45) is 4.46. The standard InChI is InChI=1S/C11H20BrNO3S/c12-8-9-2-1-3-11(9)13-17(14,15)10-4-6-16-7-5-10/h9-11,13H,1-8H2. The van der Waals surface area contributed by atoms with Gasteiger partial charge in [-0.05, 0) is 31.6 Å². The van der Waals surface area contributed by atoms with Crippen molar-refractivity contribution in [3.05, 3.63) is 0 Å². The van der Waals surface area contributed by atoms with E-state index in [1.807, 2.05) is 0 Å². The molecular formula is C11H20BrNO3S. The number of hydrogen-bond donors (Lipinski definition) is 1. The maximum absolute atomic E-state index is 12.2. The molecule has 1 heterocycles. The summed E-state index contributed by atoms with van der Waals surface area (Å²) in [6, 6.07) is 0.127. The van der Waals surface area contributed by atoms with E-state index in [4.69, 9.17) is 4.74 Å². The lowest BCUT2D eigenvalue weighted by Gasteiger charge is -2.26. The zero-order chi connectivity index (χ0) is 12.3. The molecule has 2 fully saturated rings. The molecule has 2 rings (SSSR count). The van der Waals surface area contributed by atoms with Gasteiger partial charge in [0.25, 0.3) is 0 Å². The number of halogens is 1. The van der Waals surface area contributed by atoms with E-state index in [9.17, 15) is 8.42 Å². The molecule has 0 aromatic heterocycles. The average Bonchev–Trinajstić information content (AvgIpc) is 2.77. The highest BCUT2D eigenvalue weighted by molar-refractivity contribution is 9.09. The van der Waals surface area contributed by atoms with E-state index in [2.05, 4.69) is 20.7 Å². The average molecular weight is 326 g/mol. The Kier molecular flexibility index (Phi) is 4.86. The Hall–Kier alpha value is 0.350. The second-order valence-corrected chi connectivity index (χ2v) is 7.57. The third-order valence-electron chi connectivity index (χ3n) is 3.78. The third-order valence-corrected chi connectivity index (χ3v) is 6.59. The summed E-state index contributed by atoms with van der Waals surface area (Å²) >= 11 is 3.47. The van der Waals surface area contributed by atoms with E-state index >= 15 is 0 Å². The highest BCUT2D eigenvalue weighted by Crippen LogP contribution is 2.28. The lowest BCUT2D eigenvalue weighted by molar-refractivity contribution is 0.0980. The van der Waals surface area contributed by atoms with Gasteiger partial charge in [0.15, 0.2) is 0 Å². The first kappa shape index (κ1) is 13.8. The van der Waals surface area contributed by atoms with Gasteiger partial charge >= 0.3 is 0 Å². The Morgan fingerprint density at radius 3 is 2.53 bits per heavy atom. The van der Waals surface area contributed by atoms with Gasteiger partial charge in [0.2, 0.25) is 10.0 Å². The van der Waals surface area contributed by atoms with Crippen LogP contribution in [0.1, 0.15) is 32.1 Å². The Labute approximate surface area is 112 Å². The largest absolute Gasteiger partial charge is 0.381 e. The molecule has 2 atom stereocenters. The molecule has 0 aromatic rings. The fourth-order valence-electron chi connectivity index (χ4n) is 2.67. The van der Waals surface area contributed by atoms with Crippen LogP contribution in [0.5, 0.6) is 0 Å². The van der Waals surface area contributed by atoms with Crippen molar-refractivity contribution in [3.8, 4) is 0 Å². The van der Waals surface area contributed by atoms with Gasteiger partial charge < -0.3 is 4.74 Å². The summed E-state index contributed by atoms with van der Waals surface area (Å²) in [7, 11) is -3.16. The first-order valence-electron chi connectivity index (χ1n) is 6.28. The van der Waals surface area contributed by atoms with E-state index in [1.165, 1.54) is 0 Å². The summed E-state index contributed by atoms with van der Waals surface area (Å²) in [5, 5.41) is 0.626. The van der Waals surface area contributed by atoms with E-state index in [0.29, 0.717) is 32.0 Å². The Bertz CT molecular complexity index is 341. The minimum atomic E-state index is -3.16. The molecule has 0 radical (unpaired) electrons. The Morgan fingerprint density at radius 1 is 1.18 bits per heavy atom. The summed E-state index contributed by atoms with van der Waals surface area (Å²) < 4.78 is 32.6. The van der Waals surface area contributed by atoms with E-state index in [-0.39, 0.29) is 11.3 Å². The number of sulfonamides is 1. The number of alkyl halides is 1. The predicted octanol–water partition coefficient (Wildman–Crippen LogP) is 1.65. The van der Waals surface area contributed by atoms with Crippen molar-refractivity contribution in [3.63, 3.8) is 0 Å². The second-order valence-electron chi connectivity index (χ2n) is 4.93. The first-order valence-corrected chi connectivity index (χ1v) is 8.95. The van der Waals surface area contributed by atoms with Crippen LogP contribution in [-0.2, 0) is 14.8 Å². The third kappa shape index (κ3) is 3.43. The molecule has 1 saturated heterocycles. The first-order chi connectivity index (χ1) is 8.13. The van der Waals surface area contributed by atoms with Crippen LogP contribution in [0, 0.1) is 5.92 Å². The van der Waals surface area contributed by atoms with Gasteiger partial charge in [0.05, 0.1) is 5.25 Å². The van der Waals surface area contributed by atoms with Crippen LogP contribution in [0.2, 0.25) is 0 Å². The molecule has 1 saturated carbocycles. The normalized spacial score (nSPS) is 31.8. The maximum Gasteiger partial charge on any atom is 0.214 e. The Balaban J connectivity index is 1.96. The number of nitrogens with one attached hydrogen (secondary N) is 1. The maximum atomic E-state index is 12.2. The van der Waals surface area contributed by atoms with Gasteiger partial charge in [-0.25, -0.2) is 13.1 Å². The molecule has 2 unspecified atom stereocenters. The topological polar surface area (TPSA) is 55.4 Å². The van der Waals surface area contributed by atoms with Crippen molar-refractivity contribution in [2.45, 2.75) is 43.4 Å². The van der Waals surface area contributed by atoms with Gasteiger partial charge in [0.1, 0.15) is 0 Å². The van der Waals surface area contributed by atoms with Gasteiger partial charge in [-0.15, -0.1) is 0 Å². The lowest BCUT2D eigenvalue weighted by atomic mass is 10.1. The molecule has 0 amide bonds. The molecule has 4 nitrogen and oxygen atoms in total. The van der Waals surface area contributed by atoms with Crippen molar-refractivity contribution in [2.24, 2.45) is 5.92 Å². The quantitative estimate of drug-likeness (QED) is 0.799. The van der Waals surface area contributed by atoms with Crippen molar-refractivity contribution in [2.75, 3.05) is 18.5 Å². The molecule has 0 aromatic carbocycles. The van der Waals surface area contributed by atoms with Crippen molar-refractivity contribution in [1.82, 2.24) is 4.72 Å². The van der Waals surface area contributed by atoms with Gasteiger partial charge in [-0.1, -0.05) is 22.4 Å². The van der Waals surface area contributed by atoms with Crippen molar-refractivity contribution >= 4 is 26.0 Å². The minimum absolute atomic E-state index is 0.127. The fraction of sp³-hybridized carbons (Fsp3) is 1.00. The summed E-state index contributed by atoms with van der Waals surface area (Å²) in [5.74, 6) is 0.449. The van der Waals surface area contributed by atoms with Crippen LogP contribution in [0.25, 0.3) is 0 Å². The summed E-state index contributed by atoms with van der Waals surface area (Å²) in [6.45, 7) is 1.14. The Morgan fingerprint density at radius 2 is 1.88 bits per heavy atom. The van der Waals surface area contributed by atoms with Gasteiger partial charge in [0, 0.05) is 24.6 Å². The van der Waals surface area contributed by atoms with Crippen LogP contribution < -0.4 is 4.72 Å². The van der Waals surface area contributed by atoms with E-state index in [0.717, 1.165) is 24.6 Å². The molecular weight excluding hydrogens is 306 g/mol. The zero-order valence-electron chi connectivity index (χ0n) is 9.90. The number of ether oxygens (including phenoxy) is 1. The van der Waals surface area contributed by atoms with Crippen LogP contribution in [-0.4, -0.2) is 38.3 Å². The molecule has 2 aliphatic rings. The van der Waals surface area contributed by atoms with Gasteiger partial charge in [-0.3, -0.25) is 0 Å². The molecule has 1 aliphatic carbocycles. The highest BCUT2D eigenvalue weighted by atomic mass is 79.9. The van der Waals surface area contributed by atoms with E-state index < -0.39 is 10.0 Å². The minimum Gasteiger partial charge on any atom is -0.381 e. The molecule has 6 heteroatoms. The lowest BCUT2D eigenvalue weighted by Crippen LogP contribution is -2.44. The number of hydrogen-bond acceptors (Lipinski definition) is 3. The van der Waals surface area contributed by atoms with Crippen LogP contribution in [0.3, 0.4) is 0 Å². The predicted molar refractivity (Wildman–Crippen MR) is 70.8 cm³/mol. The van der Waals surface area contributed by atoms with Gasteiger partial charge in [-0.2, -0.15) is 0 Å². The van der Waals surface area contributed by atoms with Crippen LogP contribution >= 0.6 is 15.9 Å². The highest BCUT2D eigenvalue weighted by Gasteiger charge is 2.34. The van der Waals surface area contributed by atoms with Crippen molar-refractivity contribution in [1.29, 1.82) is 0 Å². The zero-order valence-corrected chi connectivity index (χ0v) is 12.3. The van der Waals surface area contributed by atoms with Crippen molar-refractivity contribution < 1.29 is 13.2 Å². The molecule has 1 N–H and O–H groups in total. The smallest absolute Gasteiger partial charge is 0.214 e. The van der Waals surface area contributed by atoms with E-state index in [1.54, 1.807) is 0 Å². The van der Waals surface area contributed by atoms with Crippen LogP contribution in [0.4, 0.5) is 0 Å². The molecule has 0 spiro atoms.